The van der Waals surface area contributed by atoms with E-state index in [2.05, 4.69) is 19.5 Å². The van der Waals surface area contributed by atoms with Gasteiger partial charge in [-0.05, 0) is 18.2 Å². The molecule has 0 amide bonds. The highest BCUT2D eigenvalue weighted by Gasteiger charge is 1.98. The van der Waals surface area contributed by atoms with Crippen LogP contribution in [0.2, 0.25) is 11.6 Å². The van der Waals surface area contributed by atoms with Gasteiger partial charge < -0.3 is 0 Å². The summed E-state index contributed by atoms with van der Waals surface area (Å²) in [6.45, 7) is 4.38. The van der Waals surface area contributed by atoms with Crippen LogP contribution in [-0.2, 0) is 0 Å². The van der Waals surface area contributed by atoms with Gasteiger partial charge in [0.1, 0.15) is 0 Å². The molecule has 0 radical (unpaired) electrons. The number of aryl methyl sites for hydroxylation is 1. The predicted octanol–water partition coefficient (Wildman–Crippen LogP) is 1.49. The molecule has 0 aliphatic rings. The Bertz CT molecular complexity index is 212. The van der Waals surface area contributed by atoms with Crippen LogP contribution in [0.3, 0.4) is 0 Å². The number of rotatable bonds is 1. The number of hydrogen-bond acceptors (Lipinski definition) is 0. The smallest absolute Gasteiger partial charge is 0.0540 e. The summed E-state index contributed by atoms with van der Waals surface area (Å²) < 4.78 is 0. The predicted molar refractivity (Wildman–Crippen MR) is 50.2 cm³/mol. The summed E-state index contributed by atoms with van der Waals surface area (Å²) in [5.41, 5.74) is 1.35. The van der Waals surface area contributed by atoms with Crippen LogP contribution in [-0.4, -0.2) is 9.52 Å². The van der Waals surface area contributed by atoms with Crippen LogP contribution < -0.4 is 5.19 Å². The van der Waals surface area contributed by atoms with Crippen molar-refractivity contribution in [1.29, 1.82) is 0 Å². The van der Waals surface area contributed by atoms with E-state index in [1.807, 2.05) is 12.1 Å². The van der Waals surface area contributed by atoms with Crippen molar-refractivity contribution in [3.8, 4) is 0 Å². The van der Waals surface area contributed by atoms with Crippen molar-refractivity contribution in [3.05, 3.63) is 28.8 Å². The van der Waals surface area contributed by atoms with E-state index in [4.69, 9.17) is 11.6 Å². The molecule has 0 aliphatic heterocycles. The molecule has 0 bridgehead atoms. The fourth-order valence-electron chi connectivity index (χ4n) is 1.11. The fourth-order valence-corrected chi connectivity index (χ4v) is 2.87. The van der Waals surface area contributed by atoms with Crippen molar-refractivity contribution in [3.63, 3.8) is 0 Å². The zero-order valence-corrected chi connectivity index (χ0v) is 8.49. The van der Waals surface area contributed by atoms with Gasteiger partial charge in [-0.2, -0.15) is 0 Å². The Hall–Kier alpha value is -0.273. The summed E-state index contributed by atoms with van der Waals surface area (Å²) in [4.78, 5) is 0. The zero-order valence-electron chi connectivity index (χ0n) is 6.32. The summed E-state index contributed by atoms with van der Waals surface area (Å²) in [5, 5.41) is 2.36. The summed E-state index contributed by atoms with van der Waals surface area (Å²) in [6.07, 6.45) is 0. The Morgan fingerprint density at radius 3 is 2.50 bits per heavy atom. The number of hydrogen-bond donors (Lipinski definition) is 0. The third-order valence-corrected chi connectivity index (χ3v) is 3.93. The SMILES string of the molecule is C[SiH2]c1c(C)cccc1Cl. The molecule has 0 aromatic heterocycles. The summed E-state index contributed by atoms with van der Waals surface area (Å²) in [5.74, 6) is 0. The minimum Gasteiger partial charge on any atom is -0.0845 e. The van der Waals surface area contributed by atoms with Crippen LogP contribution in [0, 0.1) is 6.92 Å². The first-order valence-corrected chi connectivity index (χ1v) is 5.99. The quantitative estimate of drug-likeness (QED) is 0.561. The molecule has 0 saturated carbocycles. The van der Waals surface area contributed by atoms with Gasteiger partial charge in [0.2, 0.25) is 0 Å². The second kappa shape index (κ2) is 3.22. The molecule has 1 rings (SSSR count). The van der Waals surface area contributed by atoms with Crippen molar-refractivity contribution in [2.45, 2.75) is 13.5 Å². The third kappa shape index (κ3) is 1.41. The monoisotopic (exact) mass is 170 g/mol. The second-order valence-electron chi connectivity index (χ2n) is 2.39. The van der Waals surface area contributed by atoms with Crippen molar-refractivity contribution >= 4 is 26.3 Å². The Kier molecular flexibility index (Phi) is 2.52. The van der Waals surface area contributed by atoms with Crippen LogP contribution in [0.25, 0.3) is 0 Å². The normalized spacial score (nSPS) is 11.1. The molecule has 10 heavy (non-hydrogen) atoms. The average molecular weight is 171 g/mol. The Morgan fingerprint density at radius 1 is 1.40 bits per heavy atom. The van der Waals surface area contributed by atoms with Crippen LogP contribution in [0.4, 0.5) is 0 Å². The molecule has 0 nitrogen and oxygen atoms in total. The van der Waals surface area contributed by atoms with E-state index in [0.717, 1.165) is 5.02 Å². The molecule has 0 atom stereocenters. The lowest BCUT2D eigenvalue weighted by molar-refractivity contribution is 1.51. The average Bonchev–Trinajstić information content (AvgIpc) is 1.88. The molecule has 1 aromatic carbocycles. The zero-order chi connectivity index (χ0) is 7.56. The van der Waals surface area contributed by atoms with E-state index in [9.17, 15) is 0 Å². The molecule has 0 N–H and O–H groups in total. The minimum atomic E-state index is -0.0985. The van der Waals surface area contributed by atoms with Crippen molar-refractivity contribution in [1.82, 2.24) is 0 Å². The van der Waals surface area contributed by atoms with Crippen LogP contribution >= 0.6 is 11.6 Å². The molecule has 0 spiro atoms. The summed E-state index contributed by atoms with van der Waals surface area (Å²) in [6, 6.07) is 6.10. The Balaban J connectivity index is 3.17. The Morgan fingerprint density at radius 2 is 2.10 bits per heavy atom. The minimum absolute atomic E-state index is 0.0985. The van der Waals surface area contributed by atoms with Gasteiger partial charge in [0, 0.05) is 5.02 Å². The molecule has 0 aliphatic carbocycles. The largest absolute Gasteiger partial charge is 0.0845 e. The van der Waals surface area contributed by atoms with Crippen molar-refractivity contribution in [2.24, 2.45) is 0 Å². The van der Waals surface area contributed by atoms with Gasteiger partial charge >= 0.3 is 0 Å². The van der Waals surface area contributed by atoms with E-state index in [1.54, 1.807) is 0 Å². The highest BCUT2D eigenvalue weighted by molar-refractivity contribution is 6.57. The van der Waals surface area contributed by atoms with Crippen molar-refractivity contribution in [2.75, 3.05) is 0 Å². The molecule has 2 heteroatoms. The van der Waals surface area contributed by atoms with E-state index < -0.39 is 0 Å². The lowest BCUT2D eigenvalue weighted by atomic mass is 10.2. The lowest BCUT2D eigenvalue weighted by Crippen LogP contribution is -2.15. The van der Waals surface area contributed by atoms with Gasteiger partial charge in [-0.15, -0.1) is 0 Å². The Labute approximate surface area is 69.0 Å². The molecule has 0 heterocycles. The van der Waals surface area contributed by atoms with Gasteiger partial charge in [0.25, 0.3) is 0 Å². The van der Waals surface area contributed by atoms with E-state index in [0.29, 0.717) is 0 Å². The van der Waals surface area contributed by atoms with Gasteiger partial charge in [-0.1, -0.05) is 35.8 Å². The maximum absolute atomic E-state index is 5.96. The van der Waals surface area contributed by atoms with Crippen LogP contribution in [0.1, 0.15) is 5.56 Å². The van der Waals surface area contributed by atoms with Gasteiger partial charge in [0.05, 0.1) is 9.52 Å². The standard InChI is InChI=1S/C8H11ClSi/c1-6-4-3-5-7(9)8(6)10-2/h3-5H,10H2,1-2H3. The molecule has 0 fully saturated rings. The maximum Gasteiger partial charge on any atom is 0.0540 e. The molecule has 0 unspecified atom stereocenters. The summed E-state index contributed by atoms with van der Waals surface area (Å²) >= 11 is 5.96. The van der Waals surface area contributed by atoms with E-state index in [-0.39, 0.29) is 9.52 Å². The topological polar surface area (TPSA) is 0 Å². The molecule has 1 aromatic rings. The van der Waals surface area contributed by atoms with Gasteiger partial charge in [-0.3, -0.25) is 0 Å². The highest BCUT2D eigenvalue weighted by atomic mass is 35.5. The van der Waals surface area contributed by atoms with Gasteiger partial charge in [0.15, 0.2) is 0 Å². The molecule has 0 saturated heterocycles. The first-order chi connectivity index (χ1) is 4.75. The summed E-state index contributed by atoms with van der Waals surface area (Å²) in [7, 11) is -0.0985. The van der Waals surface area contributed by atoms with Crippen LogP contribution in [0.15, 0.2) is 18.2 Å². The van der Waals surface area contributed by atoms with Gasteiger partial charge in [-0.25, -0.2) is 0 Å². The molecule has 54 valence electrons. The molecular formula is C8H11ClSi. The van der Waals surface area contributed by atoms with Crippen molar-refractivity contribution < 1.29 is 0 Å². The lowest BCUT2D eigenvalue weighted by Gasteiger charge is -2.02. The third-order valence-electron chi connectivity index (χ3n) is 1.71. The first-order valence-electron chi connectivity index (χ1n) is 3.49. The highest BCUT2D eigenvalue weighted by Crippen LogP contribution is 2.06. The number of benzene rings is 1. The fraction of sp³-hybridized carbons (Fsp3) is 0.250. The van der Waals surface area contributed by atoms with Crippen LogP contribution in [0.5, 0.6) is 0 Å². The second-order valence-corrected chi connectivity index (χ2v) is 4.21. The maximum atomic E-state index is 5.96. The molecular weight excluding hydrogens is 160 g/mol. The van der Waals surface area contributed by atoms with E-state index in [1.165, 1.54) is 10.8 Å². The number of halogens is 1. The first kappa shape index (κ1) is 7.83. The van der Waals surface area contributed by atoms with E-state index >= 15 is 0 Å².